The third-order valence-electron chi connectivity index (χ3n) is 6.61. The van der Waals surface area contributed by atoms with Crippen LogP contribution in [0.5, 0.6) is 0 Å². The number of halogens is 1. The van der Waals surface area contributed by atoms with Gasteiger partial charge in [-0.1, -0.05) is 19.8 Å². The molecular formula is C22H46IN5O. The summed E-state index contributed by atoms with van der Waals surface area (Å²) in [4.78, 5) is 10.3. The molecule has 0 aliphatic carbocycles. The molecule has 0 saturated carbocycles. The summed E-state index contributed by atoms with van der Waals surface area (Å²) in [5.41, 5.74) is 0.225. The lowest BCUT2D eigenvalue weighted by molar-refractivity contribution is 0.0208. The lowest BCUT2D eigenvalue weighted by Crippen LogP contribution is -2.58. The Morgan fingerprint density at radius 3 is 2.31 bits per heavy atom. The van der Waals surface area contributed by atoms with E-state index in [2.05, 4.69) is 41.3 Å². The number of rotatable bonds is 10. The lowest BCUT2D eigenvalue weighted by Gasteiger charge is -2.49. The summed E-state index contributed by atoms with van der Waals surface area (Å²) >= 11 is 0. The Morgan fingerprint density at radius 2 is 1.72 bits per heavy atom. The lowest BCUT2D eigenvalue weighted by atomic mass is 9.84. The number of aliphatic hydroxyl groups excluding tert-OH is 1. The van der Waals surface area contributed by atoms with Crippen molar-refractivity contribution in [3.63, 3.8) is 0 Å². The van der Waals surface area contributed by atoms with Gasteiger partial charge in [0.25, 0.3) is 0 Å². The predicted octanol–water partition coefficient (Wildman–Crippen LogP) is 2.91. The van der Waals surface area contributed by atoms with Crippen LogP contribution in [0.3, 0.4) is 0 Å². The molecule has 1 atom stereocenters. The van der Waals surface area contributed by atoms with Crippen molar-refractivity contribution in [2.75, 3.05) is 59.5 Å². The van der Waals surface area contributed by atoms with E-state index in [0.717, 1.165) is 44.9 Å². The highest BCUT2D eigenvalue weighted by Crippen LogP contribution is 2.31. The first-order valence-corrected chi connectivity index (χ1v) is 11.7. The van der Waals surface area contributed by atoms with Crippen LogP contribution in [0.1, 0.15) is 65.2 Å². The standard InChI is InChI=1S/C22H45N5O.HI/c1-4-9-20(10-17-28)18-24-21(23-5-2)25-19-22(11-15-26(3)16-12-22)27-13-7-6-8-14-27;/h20,28H,4-19H2,1-3H3,(H2,23,24,25);1H. The fourth-order valence-electron chi connectivity index (χ4n) is 4.73. The van der Waals surface area contributed by atoms with E-state index in [-0.39, 0.29) is 36.1 Å². The maximum absolute atomic E-state index is 9.32. The first kappa shape index (κ1) is 26.9. The second-order valence-corrected chi connectivity index (χ2v) is 8.82. The highest BCUT2D eigenvalue weighted by molar-refractivity contribution is 14.0. The van der Waals surface area contributed by atoms with Gasteiger partial charge < -0.3 is 20.6 Å². The largest absolute Gasteiger partial charge is 0.396 e. The molecule has 3 N–H and O–H groups in total. The second kappa shape index (κ2) is 14.8. The molecule has 2 aliphatic rings. The molecule has 2 rings (SSSR count). The monoisotopic (exact) mass is 523 g/mol. The number of piperidine rings is 2. The van der Waals surface area contributed by atoms with Gasteiger partial charge in [-0.25, -0.2) is 0 Å². The first-order chi connectivity index (χ1) is 13.6. The average Bonchev–Trinajstić information content (AvgIpc) is 2.72. The maximum Gasteiger partial charge on any atom is 0.191 e. The fraction of sp³-hybridized carbons (Fsp3) is 0.955. The smallest absolute Gasteiger partial charge is 0.191 e. The fourth-order valence-corrected chi connectivity index (χ4v) is 4.73. The summed E-state index contributed by atoms with van der Waals surface area (Å²) in [6.07, 6.45) is 9.65. The maximum atomic E-state index is 9.32. The van der Waals surface area contributed by atoms with E-state index in [9.17, 15) is 5.11 Å². The summed E-state index contributed by atoms with van der Waals surface area (Å²) in [6, 6.07) is 0. The van der Waals surface area contributed by atoms with Crippen LogP contribution in [0.4, 0.5) is 0 Å². The molecule has 6 nitrogen and oxygen atoms in total. The van der Waals surface area contributed by atoms with Crippen molar-refractivity contribution < 1.29 is 5.11 Å². The SMILES string of the molecule is CCCC(CCO)CNC(=NCC1(N2CCCCC2)CCN(C)CC1)NCC.I. The summed E-state index contributed by atoms with van der Waals surface area (Å²) < 4.78 is 0. The molecule has 0 spiro atoms. The zero-order chi connectivity index (χ0) is 20.2. The quantitative estimate of drug-likeness (QED) is 0.234. The van der Waals surface area contributed by atoms with Crippen molar-refractivity contribution in [1.82, 2.24) is 20.4 Å². The molecule has 7 heteroatoms. The second-order valence-electron chi connectivity index (χ2n) is 8.82. The van der Waals surface area contributed by atoms with Crippen molar-refractivity contribution in [3.8, 4) is 0 Å². The van der Waals surface area contributed by atoms with Gasteiger partial charge in [0.1, 0.15) is 0 Å². The zero-order valence-electron chi connectivity index (χ0n) is 19.1. The number of likely N-dealkylation sites (tertiary alicyclic amines) is 2. The van der Waals surface area contributed by atoms with Crippen LogP contribution in [0.2, 0.25) is 0 Å². The number of aliphatic imine (C=N–C) groups is 1. The minimum Gasteiger partial charge on any atom is -0.396 e. The van der Waals surface area contributed by atoms with Crippen LogP contribution in [0, 0.1) is 5.92 Å². The van der Waals surface area contributed by atoms with Crippen molar-refractivity contribution in [3.05, 3.63) is 0 Å². The Kier molecular flexibility index (Phi) is 13.7. The van der Waals surface area contributed by atoms with Gasteiger partial charge in [-0.2, -0.15) is 0 Å². The molecule has 0 radical (unpaired) electrons. The molecule has 2 aliphatic heterocycles. The minimum atomic E-state index is 0. The summed E-state index contributed by atoms with van der Waals surface area (Å²) in [5.74, 6) is 1.45. The van der Waals surface area contributed by atoms with E-state index in [1.807, 2.05) is 0 Å². The van der Waals surface area contributed by atoms with Gasteiger partial charge in [-0.05, 0) is 84.6 Å². The van der Waals surface area contributed by atoms with Crippen molar-refractivity contribution in [2.45, 2.75) is 70.8 Å². The molecular weight excluding hydrogens is 477 g/mol. The third kappa shape index (κ3) is 8.87. The number of nitrogens with one attached hydrogen (secondary N) is 2. The summed E-state index contributed by atoms with van der Waals surface area (Å²) in [6.45, 7) is 12.1. The van der Waals surface area contributed by atoms with Gasteiger partial charge in [0.05, 0.1) is 6.54 Å². The van der Waals surface area contributed by atoms with Gasteiger partial charge in [0, 0.05) is 25.2 Å². The van der Waals surface area contributed by atoms with E-state index in [1.54, 1.807) is 0 Å². The number of aliphatic hydroxyl groups is 1. The number of nitrogens with zero attached hydrogens (tertiary/aromatic N) is 3. The Balaban J connectivity index is 0.00000420. The molecule has 0 amide bonds. The minimum absolute atomic E-state index is 0. The normalized spacial score (nSPS) is 22.0. The Labute approximate surface area is 196 Å². The Hall–Kier alpha value is -0.120. The summed E-state index contributed by atoms with van der Waals surface area (Å²) in [7, 11) is 2.24. The molecule has 0 bridgehead atoms. The molecule has 0 aromatic rings. The van der Waals surface area contributed by atoms with Crippen molar-refractivity contribution in [2.24, 2.45) is 10.9 Å². The molecule has 2 fully saturated rings. The highest BCUT2D eigenvalue weighted by Gasteiger charge is 2.39. The average molecular weight is 524 g/mol. The number of hydrogen-bond donors (Lipinski definition) is 3. The number of guanidine groups is 1. The van der Waals surface area contributed by atoms with E-state index in [0.29, 0.717) is 5.92 Å². The molecule has 1 unspecified atom stereocenters. The van der Waals surface area contributed by atoms with Crippen LogP contribution in [0.15, 0.2) is 4.99 Å². The van der Waals surface area contributed by atoms with Gasteiger partial charge >= 0.3 is 0 Å². The van der Waals surface area contributed by atoms with Gasteiger partial charge in [0.15, 0.2) is 5.96 Å². The van der Waals surface area contributed by atoms with Crippen LogP contribution in [0.25, 0.3) is 0 Å². The van der Waals surface area contributed by atoms with Gasteiger partial charge in [-0.15, -0.1) is 24.0 Å². The van der Waals surface area contributed by atoms with Gasteiger partial charge in [-0.3, -0.25) is 9.89 Å². The summed E-state index contributed by atoms with van der Waals surface area (Å²) in [5, 5.41) is 16.3. The molecule has 172 valence electrons. The first-order valence-electron chi connectivity index (χ1n) is 11.7. The topological polar surface area (TPSA) is 63.1 Å². The van der Waals surface area contributed by atoms with E-state index < -0.39 is 0 Å². The zero-order valence-corrected chi connectivity index (χ0v) is 21.4. The molecule has 2 heterocycles. The molecule has 2 saturated heterocycles. The molecule has 0 aromatic heterocycles. The van der Waals surface area contributed by atoms with Crippen LogP contribution >= 0.6 is 24.0 Å². The van der Waals surface area contributed by atoms with Crippen molar-refractivity contribution >= 4 is 29.9 Å². The highest BCUT2D eigenvalue weighted by atomic mass is 127. The van der Waals surface area contributed by atoms with Crippen LogP contribution in [-0.2, 0) is 0 Å². The Bertz CT molecular complexity index is 442. The Morgan fingerprint density at radius 1 is 1.03 bits per heavy atom. The molecule has 0 aromatic carbocycles. The van der Waals surface area contributed by atoms with Crippen LogP contribution < -0.4 is 10.6 Å². The van der Waals surface area contributed by atoms with E-state index in [1.165, 1.54) is 58.3 Å². The van der Waals surface area contributed by atoms with E-state index in [4.69, 9.17) is 4.99 Å². The molecule has 29 heavy (non-hydrogen) atoms. The van der Waals surface area contributed by atoms with Crippen LogP contribution in [-0.4, -0.2) is 85.9 Å². The third-order valence-corrected chi connectivity index (χ3v) is 6.61. The van der Waals surface area contributed by atoms with E-state index >= 15 is 0 Å². The van der Waals surface area contributed by atoms with Crippen molar-refractivity contribution in [1.29, 1.82) is 0 Å². The number of hydrogen-bond acceptors (Lipinski definition) is 4. The predicted molar refractivity (Wildman–Crippen MR) is 134 cm³/mol. The van der Waals surface area contributed by atoms with Gasteiger partial charge in [0.2, 0.25) is 0 Å².